The monoisotopic (exact) mass is 208 g/mol. The predicted octanol–water partition coefficient (Wildman–Crippen LogP) is 0.764. The van der Waals surface area contributed by atoms with Crippen molar-refractivity contribution in [3.8, 4) is 0 Å². The molecule has 1 aromatic rings. The minimum Gasteiger partial charge on any atom is -0.394 e. The summed E-state index contributed by atoms with van der Waals surface area (Å²) >= 11 is 0. The van der Waals surface area contributed by atoms with Gasteiger partial charge < -0.3 is 15.7 Å². The summed E-state index contributed by atoms with van der Waals surface area (Å²) in [5, 5.41) is 15.4. The molecular formula is C10H16N4O. The molecule has 3 N–H and O–H groups in total. The Morgan fingerprint density at radius 3 is 2.73 bits per heavy atom. The lowest BCUT2D eigenvalue weighted by Crippen LogP contribution is -2.26. The quantitative estimate of drug-likeness (QED) is 0.681. The molecule has 82 valence electrons. The Morgan fingerprint density at radius 2 is 2.20 bits per heavy atom. The van der Waals surface area contributed by atoms with Crippen LogP contribution in [0.15, 0.2) is 6.07 Å². The number of aromatic nitrogens is 2. The molecule has 0 aliphatic heterocycles. The largest absolute Gasteiger partial charge is 0.394 e. The summed E-state index contributed by atoms with van der Waals surface area (Å²) < 4.78 is 0. The molecule has 1 aliphatic rings. The van der Waals surface area contributed by atoms with Crippen molar-refractivity contribution in [2.24, 2.45) is 0 Å². The maximum absolute atomic E-state index is 9.19. The molecule has 5 nitrogen and oxygen atoms in total. The Hall–Kier alpha value is -1.36. The zero-order valence-electron chi connectivity index (χ0n) is 9.04. The number of aliphatic hydroxyl groups is 1. The maximum Gasteiger partial charge on any atom is 0.224 e. The van der Waals surface area contributed by atoms with Gasteiger partial charge in [-0.3, -0.25) is 0 Å². The zero-order valence-corrected chi connectivity index (χ0v) is 9.04. The van der Waals surface area contributed by atoms with Gasteiger partial charge in [-0.2, -0.15) is 4.98 Å². The van der Waals surface area contributed by atoms with E-state index < -0.39 is 0 Å². The van der Waals surface area contributed by atoms with Crippen LogP contribution in [-0.2, 0) is 0 Å². The highest BCUT2D eigenvalue weighted by Crippen LogP contribution is 2.37. The maximum atomic E-state index is 9.19. The van der Waals surface area contributed by atoms with Crippen LogP contribution >= 0.6 is 0 Å². The lowest BCUT2D eigenvalue weighted by atomic mass is 10.3. The lowest BCUT2D eigenvalue weighted by molar-refractivity contribution is 0.266. The summed E-state index contributed by atoms with van der Waals surface area (Å²) in [6.07, 6.45) is 2.00. The zero-order chi connectivity index (χ0) is 10.9. The third-order valence-corrected chi connectivity index (χ3v) is 2.63. The highest BCUT2D eigenvalue weighted by Gasteiger charge is 2.42. The van der Waals surface area contributed by atoms with Gasteiger partial charge in [-0.05, 0) is 19.8 Å². The van der Waals surface area contributed by atoms with Crippen LogP contribution in [0, 0.1) is 6.92 Å². The van der Waals surface area contributed by atoms with Crippen molar-refractivity contribution >= 4 is 11.8 Å². The van der Waals surface area contributed by atoms with Crippen LogP contribution in [0.4, 0.5) is 11.8 Å². The van der Waals surface area contributed by atoms with E-state index in [1.165, 1.54) is 0 Å². The van der Waals surface area contributed by atoms with Crippen LogP contribution in [0.5, 0.6) is 0 Å². The van der Waals surface area contributed by atoms with E-state index in [1.807, 2.05) is 13.0 Å². The van der Waals surface area contributed by atoms with Gasteiger partial charge in [0.05, 0.1) is 12.1 Å². The van der Waals surface area contributed by atoms with Gasteiger partial charge in [0.2, 0.25) is 5.95 Å². The summed E-state index contributed by atoms with van der Waals surface area (Å²) in [5.41, 5.74) is 0.775. The summed E-state index contributed by atoms with van der Waals surface area (Å²) in [4.78, 5) is 8.48. The van der Waals surface area contributed by atoms with Crippen LogP contribution in [0.1, 0.15) is 18.5 Å². The molecule has 1 aliphatic carbocycles. The Labute approximate surface area is 88.9 Å². The highest BCUT2D eigenvalue weighted by molar-refractivity contribution is 5.45. The van der Waals surface area contributed by atoms with E-state index in [4.69, 9.17) is 0 Å². The van der Waals surface area contributed by atoms with Crippen molar-refractivity contribution in [1.29, 1.82) is 0 Å². The molecule has 15 heavy (non-hydrogen) atoms. The van der Waals surface area contributed by atoms with Gasteiger partial charge in [-0.15, -0.1) is 0 Å². The molecule has 1 aromatic heterocycles. The van der Waals surface area contributed by atoms with Gasteiger partial charge in [-0.25, -0.2) is 4.98 Å². The first-order chi connectivity index (χ1) is 7.17. The number of hydrogen-bond donors (Lipinski definition) is 3. The van der Waals surface area contributed by atoms with Crippen molar-refractivity contribution in [2.45, 2.75) is 25.3 Å². The average Bonchev–Trinajstić information content (AvgIpc) is 2.97. The van der Waals surface area contributed by atoms with Gasteiger partial charge in [0.15, 0.2) is 0 Å². The van der Waals surface area contributed by atoms with Crippen molar-refractivity contribution in [3.63, 3.8) is 0 Å². The van der Waals surface area contributed by atoms with E-state index in [0.717, 1.165) is 24.4 Å². The Bertz CT molecular complexity index is 362. The van der Waals surface area contributed by atoms with Crippen molar-refractivity contribution < 1.29 is 5.11 Å². The van der Waals surface area contributed by atoms with E-state index in [-0.39, 0.29) is 12.1 Å². The van der Waals surface area contributed by atoms with E-state index in [1.54, 1.807) is 7.05 Å². The summed E-state index contributed by atoms with van der Waals surface area (Å²) in [6, 6.07) is 1.89. The Balaban J connectivity index is 2.17. The van der Waals surface area contributed by atoms with Gasteiger partial charge in [0, 0.05) is 18.8 Å². The van der Waals surface area contributed by atoms with Crippen LogP contribution < -0.4 is 10.6 Å². The second-order valence-electron chi connectivity index (χ2n) is 4.03. The fourth-order valence-corrected chi connectivity index (χ4v) is 1.49. The number of rotatable bonds is 4. The minimum atomic E-state index is -0.133. The molecular weight excluding hydrogens is 192 g/mol. The number of hydrogen-bond acceptors (Lipinski definition) is 5. The van der Waals surface area contributed by atoms with E-state index in [0.29, 0.717) is 5.95 Å². The van der Waals surface area contributed by atoms with Gasteiger partial charge >= 0.3 is 0 Å². The molecule has 0 bridgehead atoms. The first-order valence-corrected chi connectivity index (χ1v) is 5.10. The molecule has 0 aromatic carbocycles. The summed E-state index contributed by atoms with van der Waals surface area (Å²) in [7, 11) is 1.79. The summed E-state index contributed by atoms with van der Waals surface area (Å²) in [5.74, 6) is 1.38. The Kier molecular flexibility index (Phi) is 2.48. The molecule has 0 amide bonds. The van der Waals surface area contributed by atoms with Gasteiger partial charge in [-0.1, -0.05) is 0 Å². The molecule has 0 saturated heterocycles. The van der Waals surface area contributed by atoms with Crippen molar-refractivity contribution in [3.05, 3.63) is 11.8 Å². The second-order valence-corrected chi connectivity index (χ2v) is 4.03. The van der Waals surface area contributed by atoms with E-state index in [9.17, 15) is 5.11 Å². The topological polar surface area (TPSA) is 70.1 Å². The molecule has 5 heteroatoms. The number of aryl methyl sites for hydroxylation is 1. The van der Waals surface area contributed by atoms with Crippen LogP contribution in [0.25, 0.3) is 0 Å². The molecule has 1 saturated carbocycles. The average molecular weight is 208 g/mol. The van der Waals surface area contributed by atoms with E-state index in [2.05, 4.69) is 20.6 Å². The SMILES string of the molecule is CNc1nc(C)cc(NC2(CO)CC2)n1. The molecule has 1 heterocycles. The first kappa shape index (κ1) is 10.2. The standard InChI is InChI=1S/C10H16N4O/c1-7-5-8(13-9(11-2)12-7)14-10(6-15)3-4-10/h5,15H,3-4,6H2,1-2H3,(H2,11,12,13,14). The van der Waals surface area contributed by atoms with E-state index >= 15 is 0 Å². The van der Waals surface area contributed by atoms with Gasteiger partial charge in [0.25, 0.3) is 0 Å². The third-order valence-electron chi connectivity index (χ3n) is 2.63. The van der Waals surface area contributed by atoms with Crippen LogP contribution in [-0.4, -0.2) is 34.3 Å². The number of nitrogens with zero attached hydrogens (tertiary/aromatic N) is 2. The lowest BCUT2D eigenvalue weighted by Gasteiger charge is -2.15. The predicted molar refractivity (Wildman–Crippen MR) is 59.0 cm³/mol. The highest BCUT2D eigenvalue weighted by atomic mass is 16.3. The van der Waals surface area contributed by atoms with Crippen LogP contribution in [0.3, 0.4) is 0 Å². The molecule has 0 spiro atoms. The summed E-state index contributed by atoms with van der Waals surface area (Å²) in [6.45, 7) is 2.08. The molecule has 2 rings (SSSR count). The molecule has 0 radical (unpaired) electrons. The minimum absolute atomic E-state index is 0.133. The van der Waals surface area contributed by atoms with Crippen molar-refractivity contribution in [1.82, 2.24) is 9.97 Å². The molecule has 0 atom stereocenters. The first-order valence-electron chi connectivity index (χ1n) is 5.10. The van der Waals surface area contributed by atoms with Crippen molar-refractivity contribution in [2.75, 3.05) is 24.3 Å². The normalized spacial score (nSPS) is 17.3. The second kappa shape index (κ2) is 3.66. The fraction of sp³-hybridized carbons (Fsp3) is 0.600. The number of anilines is 2. The fourth-order valence-electron chi connectivity index (χ4n) is 1.49. The third kappa shape index (κ3) is 2.18. The van der Waals surface area contributed by atoms with Gasteiger partial charge in [0.1, 0.15) is 5.82 Å². The van der Waals surface area contributed by atoms with Crippen LogP contribution in [0.2, 0.25) is 0 Å². The number of aliphatic hydroxyl groups excluding tert-OH is 1. The smallest absolute Gasteiger partial charge is 0.224 e. The number of nitrogens with one attached hydrogen (secondary N) is 2. The molecule has 1 fully saturated rings. The molecule has 0 unspecified atom stereocenters. The Morgan fingerprint density at radius 1 is 1.47 bits per heavy atom.